The summed E-state index contributed by atoms with van der Waals surface area (Å²) in [4.78, 5) is 23.5. The van der Waals surface area contributed by atoms with E-state index in [4.69, 9.17) is 4.74 Å². The third kappa shape index (κ3) is 4.09. The van der Waals surface area contributed by atoms with Gasteiger partial charge in [0.25, 0.3) is 5.91 Å². The molecule has 0 unspecified atom stereocenters. The number of carbonyl (C=O) groups excluding carboxylic acids is 1. The number of ether oxygens (including phenoxy) is 1. The zero-order valence-electron chi connectivity index (χ0n) is 12.3. The lowest BCUT2D eigenvalue weighted by atomic mass is 9.86. The number of nitrogens with zero attached hydrogens (tertiary/aromatic N) is 1. The van der Waals surface area contributed by atoms with Crippen molar-refractivity contribution in [3.8, 4) is 0 Å². The number of aliphatic carboxylic acids is 1. The highest BCUT2D eigenvalue weighted by Gasteiger charge is 2.33. The van der Waals surface area contributed by atoms with Crippen molar-refractivity contribution in [2.75, 3.05) is 13.7 Å². The Hall–Kier alpha value is -1.82. The van der Waals surface area contributed by atoms with Crippen molar-refractivity contribution in [1.29, 1.82) is 0 Å². The van der Waals surface area contributed by atoms with Gasteiger partial charge in [-0.15, -0.1) is 0 Å². The van der Waals surface area contributed by atoms with Crippen LogP contribution in [-0.4, -0.2) is 41.3 Å². The predicted octanol–water partition coefficient (Wildman–Crippen LogP) is 1.36. The maximum atomic E-state index is 12.2. The molecule has 0 saturated carbocycles. The summed E-state index contributed by atoms with van der Waals surface area (Å²) >= 11 is 0. The molecule has 0 aliphatic carbocycles. The van der Waals surface area contributed by atoms with Gasteiger partial charge in [-0.2, -0.15) is 0 Å². The molecular weight excluding hydrogens is 260 g/mol. The molecule has 1 amide bonds. The van der Waals surface area contributed by atoms with E-state index in [0.29, 0.717) is 18.8 Å². The molecule has 0 bridgehead atoms. The first kappa shape index (κ1) is 16.2. The van der Waals surface area contributed by atoms with Gasteiger partial charge in [0.15, 0.2) is 0 Å². The third-order valence-electron chi connectivity index (χ3n) is 2.99. The standard InChI is InChI=1S/C14H22N2O4/c1-14(2,3)11(13(18)19)15-12(17)10-6-5-7-16(10)8-9-20-4/h5-7,11H,8-9H2,1-4H3,(H,15,17)(H,18,19)/t11-/m0/s1. The Morgan fingerprint density at radius 3 is 2.60 bits per heavy atom. The average molecular weight is 282 g/mol. The summed E-state index contributed by atoms with van der Waals surface area (Å²) in [6.07, 6.45) is 1.76. The Kier molecular flexibility index (Phi) is 5.33. The summed E-state index contributed by atoms with van der Waals surface area (Å²) in [6, 6.07) is 2.46. The lowest BCUT2D eigenvalue weighted by Crippen LogP contribution is -2.49. The highest BCUT2D eigenvalue weighted by molar-refractivity contribution is 5.95. The largest absolute Gasteiger partial charge is 0.480 e. The van der Waals surface area contributed by atoms with E-state index in [2.05, 4.69) is 5.32 Å². The van der Waals surface area contributed by atoms with Gasteiger partial charge in [0.1, 0.15) is 11.7 Å². The zero-order valence-corrected chi connectivity index (χ0v) is 12.3. The second kappa shape index (κ2) is 6.56. The number of carbonyl (C=O) groups is 2. The number of hydrogen-bond donors (Lipinski definition) is 2. The molecule has 2 N–H and O–H groups in total. The minimum Gasteiger partial charge on any atom is -0.480 e. The van der Waals surface area contributed by atoms with Gasteiger partial charge in [0.2, 0.25) is 0 Å². The summed E-state index contributed by atoms with van der Waals surface area (Å²) < 4.78 is 6.71. The van der Waals surface area contributed by atoms with Crippen molar-refractivity contribution in [3.05, 3.63) is 24.0 Å². The van der Waals surface area contributed by atoms with Crippen molar-refractivity contribution in [3.63, 3.8) is 0 Å². The normalized spacial score (nSPS) is 13.0. The number of rotatable bonds is 6. The van der Waals surface area contributed by atoms with Gasteiger partial charge in [-0.05, 0) is 17.5 Å². The first-order valence-corrected chi connectivity index (χ1v) is 6.45. The molecule has 0 aliphatic heterocycles. The molecule has 0 aromatic carbocycles. The highest BCUT2D eigenvalue weighted by Crippen LogP contribution is 2.20. The number of hydrogen-bond acceptors (Lipinski definition) is 3. The second-order valence-corrected chi connectivity index (χ2v) is 5.69. The minimum atomic E-state index is -1.04. The molecule has 1 atom stereocenters. The first-order valence-electron chi connectivity index (χ1n) is 6.45. The van der Waals surface area contributed by atoms with Crippen LogP contribution in [0.3, 0.4) is 0 Å². The second-order valence-electron chi connectivity index (χ2n) is 5.69. The van der Waals surface area contributed by atoms with Crippen LogP contribution in [0.1, 0.15) is 31.3 Å². The van der Waals surface area contributed by atoms with E-state index in [0.717, 1.165) is 0 Å². The number of aromatic nitrogens is 1. The molecule has 112 valence electrons. The van der Waals surface area contributed by atoms with Crippen molar-refractivity contribution < 1.29 is 19.4 Å². The van der Waals surface area contributed by atoms with Crippen LogP contribution in [-0.2, 0) is 16.1 Å². The van der Waals surface area contributed by atoms with Crippen LogP contribution in [0.15, 0.2) is 18.3 Å². The summed E-state index contributed by atoms with van der Waals surface area (Å²) in [7, 11) is 1.59. The van der Waals surface area contributed by atoms with Gasteiger partial charge in [-0.25, -0.2) is 4.79 Å². The first-order chi connectivity index (χ1) is 9.27. The molecule has 6 heteroatoms. The smallest absolute Gasteiger partial charge is 0.326 e. The van der Waals surface area contributed by atoms with E-state index in [-0.39, 0.29) is 0 Å². The van der Waals surface area contributed by atoms with E-state index in [1.165, 1.54) is 0 Å². The summed E-state index contributed by atoms with van der Waals surface area (Å²) in [5, 5.41) is 11.8. The maximum absolute atomic E-state index is 12.2. The van der Waals surface area contributed by atoms with Crippen LogP contribution < -0.4 is 5.32 Å². The highest BCUT2D eigenvalue weighted by atomic mass is 16.5. The summed E-state index contributed by atoms with van der Waals surface area (Å²) in [6.45, 7) is 6.35. The predicted molar refractivity (Wildman–Crippen MR) is 74.7 cm³/mol. The van der Waals surface area contributed by atoms with E-state index in [9.17, 15) is 14.7 Å². The van der Waals surface area contributed by atoms with Gasteiger partial charge >= 0.3 is 5.97 Å². The fourth-order valence-corrected chi connectivity index (χ4v) is 1.86. The van der Waals surface area contributed by atoms with Crippen molar-refractivity contribution in [1.82, 2.24) is 9.88 Å². The summed E-state index contributed by atoms with van der Waals surface area (Å²) in [5.74, 6) is -1.44. The van der Waals surface area contributed by atoms with Crippen LogP contribution >= 0.6 is 0 Å². The van der Waals surface area contributed by atoms with Gasteiger partial charge in [0, 0.05) is 19.9 Å². The van der Waals surface area contributed by atoms with E-state index in [1.54, 1.807) is 50.8 Å². The average Bonchev–Trinajstić information content (AvgIpc) is 2.79. The molecule has 0 spiro atoms. The quantitative estimate of drug-likeness (QED) is 0.825. The van der Waals surface area contributed by atoms with Crippen LogP contribution in [0.5, 0.6) is 0 Å². The van der Waals surface area contributed by atoms with Crippen molar-refractivity contribution >= 4 is 11.9 Å². The fourth-order valence-electron chi connectivity index (χ4n) is 1.86. The van der Waals surface area contributed by atoms with Gasteiger partial charge in [-0.1, -0.05) is 20.8 Å². The molecule has 6 nitrogen and oxygen atoms in total. The monoisotopic (exact) mass is 282 g/mol. The Bertz CT molecular complexity index is 474. The topological polar surface area (TPSA) is 80.6 Å². The van der Waals surface area contributed by atoms with Crippen molar-refractivity contribution in [2.45, 2.75) is 33.4 Å². The molecule has 0 radical (unpaired) electrons. The maximum Gasteiger partial charge on any atom is 0.326 e. The van der Waals surface area contributed by atoms with E-state index < -0.39 is 23.3 Å². The Morgan fingerprint density at radius 1 is 1.45 bits per heavy atom. The molecular formula is C14H22N2O4. The number of nitrogens with one attached hydrogen (secondary N) is 1. The van der Waals surface area contributed by atoms with E-state index in [1.807, 2.05) is 0 Å². The minimum absolute atomic E-state index is 0.395. The number of methoxy groups -OCH3 is 1. The Balaban J connectivity index is 2.85. The molecule has 1 rings (SSSR count). The molecule has 1 heterocycles. The molecule has 0 saturated heterocycles. The molecule has 0 aliphatic rings. The molecule has 20 heavy (non-hydrogen) atoms. The van der Waals surface area contributed by atoms with Crippen LogP contribution in [0.2, 0.25) is 0 Å². The Morgan fingerprint density at radius 2 is 2.10 bits per heavy atom. The zero-order chi connectivity index (χ0) is 15.3. The third-order valence-corrected chi connectivity index (χ3v) is 2.99. The lowest BCUT2D eigenvalue weighted by Gasteiger charge is -2.27. The van der Waals surface area contributed by atoms with Crippen LogP contribution in [0.25, 0.3) is 0 Å². The van der Waals surface area contributed by atoms with Crippen LogP contribution in [0.4, 0.5) is 0 Å². The number of carboxylic acids is 1. The van der Waals surface area contributed by atoms with Gasteiger partial charge in [0.05, 0.1) is 6.61 Å². The van der Waals surface area contributed by atoms with Gasteiger partial charge in [-0.3, -0.25) is 4.79 Å². The lowest BCUT2D eigenvalue weighted by molar-refractivity contribution is -0.142. The molecule has 0 fully saturated rings. The van der Waals surface area contributed by atoms with Gasteiger partial charge < -0.3 is 19.7 Å². The molecule has 1 aromatic rings. The SMILES string of the molecule is COCCn1cccc1C(=O)N[C@@H](C(=O)O)C(C)(C)C. The van der Waals surface area contributed by atoms with E-state index >= 15 is 0 Å². The number of amides is 1. The van der Waals surface area contributed by atoms with Crippen molar-refractivity contribution in [2.24, 2.45) is 5.41 Å². The van der Waals surface area contributed by atoms with Crippen LogP contribution in [0, 0.1) is 5.41 Å². The molecule has 1 aromatic heterocycles. The number of carboxylic acid groups (broad SMARTS) is 1. The summed E-state index contributed by atoms with van der Waals surface area (Å²) in [5.41, 5.74) is -0.136. The Labute approximate surface area is 118 Å². The fraction of sp³-hybridized carbons (Fsp3) is 0.571.